The average molecular weight is 685 g/mol. The Morgan fingerprint density at radius 2 is 1.64 bits per heavy atom. The molecule has 2 atom stereocenters. The number of carbonyl (C=O) groups is 4. The van der Waals surface area contributed by atoms with Gasteiger partial charge in [0, 0.05) is 45.4 Å². The largest absolute Gasteiger partial charge is 0.343 e. The Morgan fingerprint density at radius 3 is 2.33 bits per heavy atom. The van der Waals surface area contributed by atoms with Crippen LogP contribution in [0.15, 0.2) is 36.4 Å². The molecule has 3 N–H and O–H groups in total. The Morgan fingerprint density at radius 1 is 0.978 bits per heavy atom. The van der Waals surface area contributed by atoms with Crippen LogP contribution in [0.25, 0.3) is 0 Å². The summed E-state index contributed by atoms with van der Waals surface area (Å²) in [7, 11) is -3.62. The molecule has 0 radical (unpaired) electrons. The van der Waals surface area contributed by atoms with Crippen LogP contribution in [0, 0.1) is 5.82 Å². The number of rotatable bonds is 11. The van der Waals surface area contributed by atoms with E-state index in [9.17, 15) is 32.0 Å². The van der Waals surface area contributed by atoms with Crippen LogP contribution < -0.4 is 15.4 Å². The molecule has 1 unspecified atom stereocenters. The average Bonchev–Trinajstić information content (AvgIpc) is 3.02. The highest BCUT2D eigenvalue weighted by molar-refractivity contribution is 7.88. The minimum Gasteiger partial charge on any atom is -0.343 e. The van der Waals surface area contributed by atoms with Crippen molar-refractivity contribution >= 4 is 62.5 Å². The van der Waals surface area contributed by atoms with E-state index in [4.69, 9.17) is 23.2 Å². The van der Waals surface area contributed by atoms with Crippen LogP contribution in [-0.4, -0.2) is 79.8 Å². The molecule has 0 aliphatic carbocycles. The summed E-state index contributed by atoms with van der Waals surface area (Å²) < 4.78 is 40.3. The van der Waals surface area contributed by atoms with Crippen molar-refractivity contribution in [1.82, 2.24) is 19.8 Å². The van der Waals surface area contributed by atoms with Crippen molar-refractivity contribution in [2.75, 3.05) is 31.2 Å². The molecule has 0 saturated carbocycles. The number of carbonyl (C=O) groups excluding carboxylic acids is 4. The molecule has 2 aromatic rings. The zero-order valence-corrected chi connectivity index (χ0v) is 27.1. The van der Waals surface area contributed by atoms with Gasteiger partial charge in [0.1, 0.15) is 12.1 Å². The number of nitrogens with one attached hydrogen (secondary N) is 3. The Balaban J connectivity index is 1.52. The summed E-state index contributed by atoms with van der Waals surface area (Å²) in [6.45, 7) is 1.25. The fourth-order valence-electron chi connectivity index (χ4n) is 5.45. The predicted octanol–water partition coefficient (Wildman–Crippen LogP) is 3.24. The Bertz CT molecular complexity index is 1550. The zero-order valence-electron chi connectivity index (χ0n) is 24.8. The third-order valence-corrected chi connectivity index (χ3v) is 9.37. The van der Waals surface area contributed by atoms with E-state index >= 15 is 0 Å². The summed E-state index contributed by atoms with van der Waals surface area (Å²) in [5, 5.41) is 4.55. The molecule has 4 amide bonds. The number of anilines is 1. The van der Waals surface area contributed by atoms with Gasteiger partial charge < -0.3 is 20.4 Å². The first-order chi connectivity index (χ1) is 21.3. The highest BCUT2D eigenvalue weighted by atomic mass is 35.5. The van der Waals surface area contributed by atoms with Crippen molar-refractivity contribution in [2.45, 2.75) is 63.6 Å². The van der Waals surface area contributed by atoms with Crippen LogP contribution in [0.5, 0.6) is 0 Å². The highest BCUT2D eigenvalue weighted by Crippen LogP contribution is 2.30. The number of piperidine rings is 1. The van der Waals surface area contributed by atoms with Crippen molar-refractivity contribution in [2.24, 2.45) is 0 Å². The van der Waals surface area contributed by atoms with Gasteiger partial charge in [0.2, 0.25) is 33.7 Å². The van der Waals surface area contributed by atoms with Crippen molar-refractivity contribution in [3.8, 4) is 0 Å². The lowest BCUT2D eigenvalue weighted by Gasteiger charge is -2.37. The minimum atomic E-state index is -3.62. The van der Waals surface area contributed by atoms with Crippen molar-refractivity contribution in [3.63, 3.8) is 0 Å². The molecule has 2 aromatic carbocycles. The maximum absolute atomic E-state index is 14.7. The van der Waals surface area contributed by atoms with Gasteiger partial charge in [-0.15, -0.1) is 0 Å². The molecule has 1 fully saturated rings. The van der Waals surface area contributed by atoms with Gasteiger partial charge in [-0.2, -0.15) is 0 Å². The minimum absolute atomic E-state index is 0.0166. The summed E-state index contributed by atoms with van der Waals surface area (Å²) >= 11 is 11.7. The summed E-state index contributed by atoms with van der Waals surface area (Å²) in [5.74, 6) is -2.96. The van der Waals surface area contributed by atoms with Gasteiger partial charge in [-0.3, -0.25) is 19.2 Å². The number of sulfonamides is 1. The first-order valence-corrected chi connectivity index (χ1v) is 17.3. The van der Waals surface area contributed by atoms with E-state index < -0.39 is 44.8 Å². The van der Waals surface area contributed by atoms with Crippen LogP contribution in [0.4, 0.5) is 10.1 Å². The monoisotopic (exact) mass is 683 g/mol. The summed E-state index contributed by atoms with van der Waals surface area (Å²) in [6, 6.07) is 7.53. The highest BCUT2D eigenvalue weighted by Gasteiger charge is 2.36. The predicted molar refractivity (Wildman–Crippen MR) is 169 cm³/mol. The van der Waals surface area contributed by atoms with E-state index in [1.165, 1.54) is 17.0 Å². The molecular weight excluding hydrogens is 648 g/mol. The van der Waals surface area contributed by atoms with Crippen LogP contribution in [0.1, 0.15) is 49.7 Å². The summed E-state index contributed by atoms with van der Waals surface area (Å²) in [6.07, 6.45) is 3.78. The molecular formula is C30H36Cl2FN5O6S. The van der Waals surface area contributed by atoms with E-state index in [2.05, 4.69) is 15.4 Å². The van der Waals surface area contributed by atoms with Gasteiger partial charge in [-0.05, 0) is 48.9 Å². The number of likely N-dealkylation sites (tertiary alicyclic amines) is 1. The Labute approximate surface area is 271 Å². The summed E-state index contributed by atoms with van der Waals surface area (Å²) in [5.41, 5.74) is 1.43. The standard InChI is InChI=1S/C30H36Cl2FN5O6S/c1-45(43,44)34-14-13-23(29(41)35-22-10-9-21(31)27(32)28(22)33)36-30(42)24-17-19-7-3-4-8-20(19)18-38(24)26(40)12-11-25(39)37-15-5-2-6-16-37/h3-4,7-10,23-24,34H,2,5-6,11-18H2,1H3,(H,35,41)(H,36,42)/t23?,24-/m0/s1. The van der Waals surface area contributed by atoms with Crippen molar-refractivity contribution < 1.29 is 32.0 Å². The molecule has 244 valence electrons. The molecule has 4 rings (SSSR count). The van der Waals surface area contributed by atoms with Crippen LogP contribution in [0.2, 0.25) is 10.0 Å². The molecule has 15 heteroatoms. The normalized spacial score (nSPS) is 17.3. The van der Waals surface area contributed by atoms with Gasteiger partial charge in [-0.25, -0.2) is 17.5 Å². The van der Waals surface area contributed by atoms with Gasteiger partial charge in [-0.1, -0.05) is 47.5 Å². The van der Waals surface area contributed by atoms with Crippen molar-refractivity contribution in [1.29, 1.82) is 0 Å². The summed E-state index contributed by atoms with van der Waals surface area (Å²) in [4.78, 5) is 56.5. The zero-order chi connectivity index (χ0) is 32.7. The van der Waals surface area contributed by atoms with Crippen LogP contribution in [0.3, 0.4) is 0 Å². The van der Waals surface area contributed by atoms with E-state index in [0.29, 0.717) is 13.1 Å². The van der Waals surface area contributed by atoms with Gasteiger partial charge in [0.25, 0.3) is 0 Å². The molecule has 0 bridgehead atoms. The Kier molecular flexibility index (Phi) is 11.8. The second-order valence-corrected chi connectivity index (χ2v) is 13.8. The lowest BCUT2D eigenvalue weighted by molar-refractivity contribution is -0.144. The third-order valence-electron chi connectivity index (χ3n) is 7.86. The molecule has 11 nitrogen and oxygen atoms in total. The molecule has 2 aliphatic rings. The number of hydrogen-bond donors (Lipinski definition) is 3. The number of fused-ring (bicyclic) bond motifs is 1. The lowest BCUT2D eigenvalue weighted by atomic mass is 9.92. The number of halogens is 3. The Hall–Kier alpha value is -3.26. The van der Waals surface area contributed by atoms with Crippen LogP contribution in [-0.2, 0) is 42.2 Å². The number of benzene rings is 2. The molecule has 2 heterocycles. The third kappa shape index (κ3) is 9.38. The smallest absolute Gasteiger partial charge is 0.247 e. The molecule has 45 heavy (non-hydrogen) atoms. The van der Waals surface area contributed by atoms with E-state index in [-0.39, 0.29) is 61.3 Å². The maximum atomic E-state index is 14.7. The SMILES string of the molecule is CS(=O)(=O)NCCC(NC(=O)[C@@H]1Cc2ccccc2CN1C(=O)CCC(=O)N1CCCCC1)C(=O)Nc1ccc(Cl)c(Cl)c1F. The molecule has 0 spiro atoms. The lowest BCUT2D eigenvalue weighted by Crippen LogP contribution is -2.56. The quantitative estimate of drug-likeness (QED) is 0.310. The van der Waals surface area contributed by atoms with E-state index in [1.807, 2.05) is 24.3 Å². The topological polar surface area (TPSA) is 145 Å². The molecule has 0 aromatic heterocycles. The second kappa shape index (κ2) is 15.4. The number of nitrogens with zero attached hydrogens (tertiary/aromatic N) is 2. The first-order valence-electron chi connectivity index (χ1n) is 14.7. The number of hydrogen-bond acceptors (Lipinski definition) is 6. The molecule has 2 aliphatic heterocycles. The second-order valence-electron chi connectivity index (χ2n) is 11.2. The van der Waals surface area contributed by atoms with Gasteiger partial charge in [0.05, 0.1) is 22.0 Å². The number of amides is 4. The first kappa shape index (κ1) is 34.6. The van der Waals surface area contributed by atoms with Gasteiger partial charge in [0.15, 0.2) is 5.82 Å². The molecule has 1 saturated heterocycles. The van der Waals surface area contributed by atoms with Crippen molar-refractivity contribution in [3.05, 3.63) is 63.4 Å². The fourth-order valence-corrected chi connectivity index (χ4v) is 6.25. The van der Waals surface area contributed by atoms with E-state index in [1.54, 1.807) is 4.90 Å². The van der Waals surface area contributed by atoms with Gasteiger partial charge >= 0.3 is 0 Å². The van der Waals surface area contributed by atoms with Crippen LogP contribution >= 0.6 is 23.2 Å². The fraction of sp³-hybridized carbons (Fsp3) is 0.467. The maximum Gasteiger partial charge on any atom is 0.247 e. The van der Waals surface area contributed by atoms with E-state index in [0.717, 1.165) is 36.6 Å².